The number of Topliss-reactive ketones (excluding diaryl/α,β-unsaturated/α-hetero) is 1. The minimum absolute atomic E-state index is 0.0247. The maximum Gasteiger partial charge on any atom is 0.179 e. The fraction of sp³-hybridized carbons (Fsp3) is 0.364. The van der Waals surface area contributed by atoms with E-state index in [0.29, 0.717) is 15.6 Å². The molecule has 0 aliphatic heterocycles. The Morgan fingerprint density at radius 3 is 2.40 bits per heavy atom. The van der Waals surface area contributed by atoms with Gasteiger partial charge in [0.05, 0.1) is 9.77 Å². The van der Waals surface area contributed by atoms with Crippen molar-refractivity contribution in [3.63, 3.8) is 0 Å². The molecule has 0 radical (unpaired) electrons. The molecule has 0 atom stereocenters. The van der Waals surface area contributed by atoms with E-state index in [-0.39, 0.29) is 5.78 Å². The molecule has 0 heterocycles. The monoisotopic (exact) mass is 262 g/mol. The Hall–Kier alpha value is -0.180. The molecule has 0 saturated carbocycles. The van der Waals surface area contributed by atoms with E-state index >= 15 is 0 Å². The molecular formula is C11H12Cl2OS. The van der Waals surface area contributed by atoms with Gasteiger partial charge in [0, 0.05) is 10.6 Å². The highest BCUT2D eigenvalue weighted by atomic mass is 35.5. The molecule has 1 aromatic rings. The molecular weight excluding hydrogens is 251 g/mol. The second kappa shape index (κ2) is 4.77. The van der Waals surface area contributed by atoms with Crippen molar-refractivity contribution in [1.82, 2.24) is 0 Å². The first-order valence-corrected chi connectivity index (χ1v) is 6.41. The van der Waals surface area contributed by atoms with Crippen molar-refractivity contribution in [2.75, 3.05) is 6.26 Å². The number of carbonyl (C=O) groups is 1. The van der Waals surface area contributed by atoms with Crippen LogP contribution in [-0.4, -0.2) is 16.8 Å². The van der Waals surface area contributed by atoms with Crippen LogP contribution in [-0.2, 0) is 0 Å². The zero-order valence-corrected chi connectivity index (χ0v) is 11.1. The van der Waals surface area contributed by atoms with E-state index in [1.54, 1.807) is 18.2 Å². The number of carbonyl (C=O) groups excluding carboxylic acids is 1. The quantitative estimate of drug-likeness (QED) is 0.755. The van der Waals surface area contributed by atoms with E-state index in [2.05, 4.69) is 0 Å². The summed E-state index contributed by atoms with van der Waals surface area (Å²) in [6, 6.07) is 4.94. The van der Waals surface area contributed by atoms with Crippen LogP contribution in [0.4, 0.5) is 0 Å². The van der Waals surface area contributed by atoms with E-state index in [4.69, 9.17) is 23.2 Å². The minimum Gasteiger partial charge on any atom is -0.293 e. The van der Waals surface area contributed by atoms with Gasteiger partial charge in [-0.25, -0.2) is 0 Å². The number of hydrogen-bond acceptors (Lipinski definition) is 2. The van der Waals surface area contributed by atoms with Gasteiger partial charge in [-0.3, -0.25) is 4.79 Å². The third-order valence-electron chi connectivity index (χ3n) is 2.23. The van der Waals surface area contributed by atoms with Gasteiger partial charge in [0.15, 0.2) is 5.78 Å². The van der Waals surface area contributed by atoms with E-state index < -0.39 is 4.75 Å². The van der Waals surface area contributed by atoms with Gasteiger partial charge in [-0.2, -0.15) is 11.8 Å². The van der Waals surface area contributed by atoms with Crippen molar-refractivity contribution in [2.45, 2.75) is 18.6 Å². The van der Waals surface area contributed by atoms with Gasteiger partial charge in [-0.1, -0.05) is 23.2 Å². The fourth-order valence-corrected chi connectivity index (χ4v) is 1.88. The number of rotatable bonds is 3. The normalized spacial score (nSPS) is 11.5. The lowest BCUT2D eigenvalue weighted by molar-refractivity contribution is 0.0958. The highest BCUT2D eigenvalue weighted by Gasteiger charge is 2.28. The lowest BCUT2D eigenvalue weighted by Gasteiger charge is -2.20. The van der Waals surface area contributed by atoms with Crippen LogP contribution in [0.2, 0.25) is 10.0 Å². The summed E-state index contributed by atoms with van der Waals surface area (Å²) in [5, 5.41) is 0.952. The summed E-state index contributed by atoms with van der Waals surface area (Å²) < 4.78 is -0.461. The van der Waals surface area contributed by atoms with E-state index in [0.717, 1.165) is 0 Å². The van der Waals surface area contributed by atoms with Gasteiger partial charge in [-0.15, -0.1) is 0 Å². The van der Waals surface area contributed by atoms with Crippen LogP contribution in [0.15, 0.2) is 18.2 Å². The third-order valence-corrected chi connectivity index (χ3v) is 3.99. The molecule has 0 amide bonds. The summed E-state index contributed by atoms with van der Waals surface area (Å²) in [6.45, 7) is 3.76. The predicted octanol–water partition coefficient (Wildman–Crippen LogP) is 4.32. The largest absolute Gasteiger partial charge is 0.293 e. The van der Waals surface area contributed by atoms with Crippen LogP contribution in [0.5, 0.6) is 0 Å². The van der Waals surface area contributed by atoms with Crippen molar-refractivity contribution in [3.8, 4) is 0 Å². The SMILES string of the molecule is CSC(C)(C)C(=O)c1ccc(Cl)cc1Cl. The molecule has 0 aliphatic carbocycles. The summed E-state index contributed by atoms with van der Waals surface area (Å²) in [4.78, 5) is 12.1. The van der Waals surface area contributed by atoms with Gasteiger partial charge in [0.1, 0.15) is 0 Å². The van der Waals surface area contributed by atoms with Gasteiger partial charge < -0.3 is 0 Å². The molecule has 0 bridgehead atoms. The van der Waals surface area contributed by atoms with Gasteiger partial charge >= 0.3 is 0 Å². The van der Waals surface area contributed by atoms with Crippen LogP contribution in [0.25, 0.3) is 0 Å². The van der Waals surface area contributed by atoms with Crippen molar-refractivity contribution >= 4 is 40.7 Å². The summed E-state index contributed by atoms with van der Waals surface area (Å²) >= 11 is 13.2. The number of benzene rings is 1. The predicted molar refractivity (Wildman–Crippen MR) is 68.4 cm³/mol. The Morgan fingerprint density at radius 1 is 1.33 bits per heavy atom. The molecule has 0 unspecified atom stereocenters. The molecule has 0 fully saturated rings. The van der Waals surface area contributed by atoms with Gasteiger partial charge in [0.2, 0.25) is 0 Å². The molecule has 0 spiro atoms. The lowest BCUT2D eigenvalue weighted by atomic mass is 10.0. The highest BCUT2D eigenvalue weighted by molar-refractivity contribution is 8.00. The Bertz CT molecular complexity index is 388. The van der Waals surface area contributed by atoms with Crippen LogP contribution in [0, 0.1) is 0 Å². The Balaban J connectivity index is 3.12. The zero-order valence-electron chi connectivity index (χ0n) is 8.80. The molecule has 4 heteroatoms. The van der Waals surface area contributed by atoms with Crippen LogP contribution < -0.4 is 0 Å². The first kappa shape index (κ1) is 12.9. The van der Waals surface area contributed by atoms with Crippen molar-refractivity contribution in [1.29, 1.82) is 0 Å². The first-order valence-electron chi connectivity index (χ1n) is 4.43. The molecule has 0 aliphatic rings. The third kappa shape index (κ3) is 2.90. The molecule has 0 saturated heterocycles. The van der Waals surface area contributed by atoms with Gasteiger partial charge in [-0.05, 0) is 38.3 Å². The average molecular weight is 263 g/mol. The molecule has 0 aromatic heterocycles. The van der Waals surface area contributed by atoms with Crippen molar-refractivity contribution < 1.29 is 4.79 Å². The minimum atomic E-state index is -0.461. The van der Waals surface area contributed by atoms with Gasteiger partial charge in [0.25, 0.3) is 0 Å². The molecule has 0 N–H and O–H groups in total. The Labute approximate surface area is 104 Å². The second-order valence-electron chi connectivity index (χ2n) is 3.67. The summed E-state index contributed by atoms with van der Waals surface area (Å²) in [6.07, 6.45) is 1.90. The Morgan fingerprint density at radius 2 is 1.93 bits per heavy atom. The molecule has 15 heavy (non-hydrogen) atoms. The fourth-order valence-electron chi connectivity index (χ4n) is 1.09. The summed E-state index contributed by atoms with van der Waals surface area (Å²) in [5.41, 5.74) is 0.528. The summed E-state index contributed by atoms with van der Waals surface area (Å²) in [5.74, 6) is 0.0247. The van der Waals surface area contributed by atoms with E-state index in [9.17, 15) is 4.79 Å². The molecule has 82 valence electrons. The average Bonchev–Trinajstić information content (AvgIpc) is 2.17. The zero-order chi connectivity index (χ0) is 11.6. The maximum atomic E-state index is 12.1. The van der Waals surface area contributed by atoms with Crippen LogP contribution >= 0.6 is 35.0 Å². The standard InChI is InChI=1S/C11H12Cl2OS/c1-11(2,15-3)10(14)8-5-4-7(12)6-9(8)13/h4-6H,1-3H3. The second-order valence-corrected chi connectivity index (χ2v) is 5.94. The first-order chi connectivity index (χ1) is 6.88. The summed E-state index contributed by atoms with van der Waals surface area (Å²) in [7, 11) is 0. The Kier molecular flexibility index (Phi) is 4.10. The number of ketones is 1. The lowest BCUT2D eigenvalue weighted by Crippen LogP contribution is -2.27. The highest BCUT2D eigenvalue weighted by Crippen LogP contribution is 2.30. The smallest absolute Gasteiger partial charge is 0.179 e. The number of thioether (sulfide) groups is 1. The molecule has 1 nitrogen and oxygen atoms in total. The topological polar surface area (TPSA) is 17.1 Å². The van der Waals surface area contributed by atoms with Crippen LogP contribution in [0.3, 0.4) is 0 Å². The maximum absolute atomic E-state index is 12.1. The molecule has 1 rings (SSSR count). The van der Waals surface area contributed by atoms with Crippen LogP contribution in [0.1, 0.15) is 24.2 Å². The van der Waals surface area contributed by atoms with E-state index in [1.165, 1.54) is 11.8 Å². The van der Waals surface area contributed by atoms with Crippen molar-refractivity contribution in [2.24, 2.45) is 0 Å². The van der Waals surface area contributed by atoms with Crippen molar-refractivity contribution in [3.05, 3.63) is 33.8 Å². The number of hydrogen-bond donors (Lipinski definition) is 0. The number of halogens is 2. The molecule has 1 aromatic carbocycles. The van der Waals surface area contributed by atoms with E-state index in [1.807, 2.05) is 20.1 Å².